The van der Waals surface area contributed by atoms with E-state index in [0.717, 1.165) is 0 Å². The molecule has 2 aromatic heterocycles. The molecular formula is C13H15ClN4O4. The van der Waals surface area contributed by atoms with Crippen LogP contribution in [0.2, 0.25) is 5.15 Å². The third-order valence-electron chi connectivity index (χ3n) is 3.69. The van der Waals surface area contributed by atoms with Crippen molar-refractivity contribution >= 4 is 28.7 Å². The van der Waals surface area contributed by atoms with Gasteiger partial charge in [-0.3, -0.25) is 9.36 Å². The third-order valence-corrected chi connectivity index (χ3v) is 3.97. The van der Waals surface area contributed by atoms with Crippen molar-refractivity contribution < 1.29 is 19.4 Å². The van der Waals surface area contributed by atoms with Gasteiger partial charge >= 0.3 is 5.97 Å². The van der Waals surface area contributed by atoms with Crippen LogP contribution in [-0.4, -0.2) is 49.9 Å². The molecule has 118 valence electrons. The van der Waals surface area contributed by atoms with Crippen molar-refractivity contribution in [2.45, 2.75) is 37.7 Å². The number of aliphatic hydroxyl groups is 1. The maximum Gasteiger partial charge on any atom is 0.305 e. The summed E-state index contributed by atoms with van der Waals surface area (Å²) in [4.78, 5) is 23.4. The fraction of sp³-hybridized carbons (Fsp3) is 0.538. The van der Waals surface area contributed by atoms with E-state index in [1.165, 1.54) is 13.4 Å². The molecular weight excluding hydrogens is 312 g/mol. The van der Waals surface area contributed by atoms with Crippen LogP contribution in [0.3, 0.4) is 0 Å². The number of nitrogens with zero attached hydrogens (tertiary/aromatic N) is 4. The number of aromatic nitrogens is 4. The summed E-state index contributed by atoms with van der Waals surface area (Å²) in [6.07, 6.45) is 2.39. The van der Waals surface area contributed by atoms with Crippen LogP contribution in [0.5, 0.6) is 0 Å². The predicted molar refractivity (Wildman–Crippen MR) is 76.1 cm³/mol. The lowest BCUT2D eigenvalue weighted by atomic mass is 10.1. The SMILES string of the molecule is COC(=O)CC[C@H]1O[C@@H](n2cnc3c(Cl)ncnc32)C[C@@H]1O. The van der Waals surface area contributed by atoms with Gasteiger partial charge in [0, 0.05) is 12.8 Å². The molecule has 0 amide bonds. The van der Waals surface area contributed by atoms with Crippen LogP contribution in [0.4, 0.5) is 0 Å². The number of hydrogen-bond acceptors (Lipinski definition) is 7. The molecule has 0 unspecified atom stereocenters. The number of esters is 1. The van der Waals surface area contributed by atoms with E-state index in [1.54, 1.807) is 10.9 Å². The minimum absolute atomic E-state index is 0.198. The maximum absolute atomic E-state index is 11.2. The van der Waals surface area contributed by atoms with E-state index in [9.17, 15) is 9.90 Å². The highest BCUT2D eigenvalue weighted by atomic mass is 35.5. The average molecular weight is 327 g/mol. The van der Waals surface area contributed by atoms with Gasteiger partial charge < -0.3 is 14.6 Å². The molecule has 1 N–H and O–H groups in total. The third kappa shape index (κ3) is 2.77. The molecule has 0 spiro atoms. The van der Waals surface area contributed by atoms with Crippen molar-refractivity contribution in [3.8, 4) is 0 Å². The van der Waals surface area contributed by atoms with Crippen LogP contribution < -0.4 is 0 Å². The Labute approximate surface area is 131 Å². The second-order valence-electron chi connectivity index (χ2n) is 5.04. The molecule has 22 heavy (non-hydrogen) atoms. The van der Waals surface area contributed by atoms with Crippen LogP contribution in [0, 0.1) is 0 Å². The molecule has 3 heterocycles. The summed E-state index contributed by atoms with van der Waals surface area (Å²) in [6, 6.07) is 0. The fourth-order valence-electron chi connectivity index (χ4n) is 2.54. The largest absolute Gasteiger partial charge is 0.469 e. The van der Waals surface area contributed by atoms with Crippen LogP contribution in [0.1, 0.15) is 25.5 Å². The Balaban J connectivity index is 1.76. The monoisotopic (exact) mass is 326 g/mol. The first-order valence-electron chi connectivity index (χ1n) is 6.83. The van der Waals surface area contributed by atoms with Gasteiger partial charge in [-0.1, -0.05) is 11.6 Å². The van der Waals surface area contributed by atoms with Crippen molar-refractivity contribution in [3.63, 3.8) is 0 Å². The first kappa shape index (κ1) is 15.1. The summed E-state index contributed by atoms with van der Waals surface area (Å²) in [5, 5.41) is 10.4. The van der Waals surface area contributed by atoms with E-state index in [2.05, 4.69) is 19.7 Å². The maximum atomic E-state index is 11.2. The number of imidazole rings is 1. The number of carbonyl (C=O) groups is 1. The van der Waals surface area contributed by atoms with E-state index in [0.29, 0.717) is 24.0 Å². The van der Waals surface area contributed by atoms with Crippen LogP contribution in [-0.2, 0) is 14.3 Å². The van der Waals surface area contributed by atoms with Gasteiger partial charge in [-0.2, -0.15) is 0 Å². The number of rotatable bonds is 4. The standard InChI is InChI=1S/C13H15ClN4O4/c1-21-10(20)3-2-8-7(19)4-9(22-8)18-6-17-11-12(14)15-5-16-13(11)18/h5-9,19H,2-4H2,1H3/t7-,8+,9+/m0/s1. The summed E-state index contributed by atoms with van der Waals surface area (Å²) < 4.78 is 12.1. The van der Waals surface area contributed by atoms with Crippen molar-refractivity contribution in [2.24, 2.45) is 0 Å². The number of ether oxygens (including phenoxy) is 2. The van der Waals surface area contributed by atoms with Crippen molar-refractivity contribution in [1.82, 2.24) is 19.5 Å². The highest BCUT2D eigenvalue weighted by molar-refractivity contribution is 6.33. The lowest BCUT2D eigenvalue weighted by molar-refractivity contribution is -0.141. The van der Waals surface area contributed by atoms with E-state index in [-0.39, 0.29) is 17.5 Å². The van der Waals surface area contributed by atoms with E-state index in [1.807, 2.05) is 0 Å². The van der Waals surface area contributed by atoms with Gasteiger partial charge in [0.1, 0.15) is 18.1 Å². The van der Waals surface area contributed by atoms with Gasteiger partial charge in [0.25, 0.3) is 0 Å². The van der Waals surface area contributed by atoms with E-state index >= 15 is 0 Å². The zero-order valence-corrected chi connectivity index (χ0v) is 12.6. The normalized spacial score (nSPS) is 24.8. The Hall–Kier alpha value is -1.77. The number of fused-ring (bicyclic) bond motifs is 1. The number of methoxy groups -OCH3 is 1. The highest BCUT2D eigenvalue weighted by Gasteiger charge is 2.35. The molecule has 3 rings (SSSR count). The van der Waals surface area contributed by atoms with Gasteiger partial charge in [-0.25, -0.2) is 15.0 Å². The topological polar surface area (TPSA) is 99.4 Å². The Morgan fingerprint density at radius 3 is 3.14 bits per heavy atom. The molecule has 0 aliphatic carbocycles. The summed E-state index contributed by atoms with van der Waals surface area (Å²) in [5.74, 6) is -0.327. The molecule has 1 fully saturated rings. The number of aliphatic hydroxyl groups excluding tert-OH is 1. The van der Waals surface area contributed by atoms with E-state index in [4.69, 9.17) is 16.3 Å². The zero-order chi connectivity index (χ0) is 15.7. The summed E-state index contributed by atoms with van der Waals surface area (Å²) >= 11 is 5.97. The van der Waals surface area contributed by atoms with Crippen molar-refractivity contribution in [1.29, 1.82) is 0 Å². The first-order valence-corrected chi connectivity index (χ1v) is 7.21. The lowest BCUT2D eigenvalue weighted by Crippen LogP contribution is -2.22. The molecule has 9 heteroatoms. The molecule has 0 saturated carbocycles. The molecule has 1 saturated heterocycles. The number of hydrogen-bond donors (Lipinski definition) is 1. The minimum Gasteiger partial charge on any atom is -0.469 e. The molecule has 2 aromatic rings. The minimum atomic E-state index is -0.663. The van der Waals surface area contributed by atoms with Gasteiger partial charge in [0.15, 0.2) is 10.8 Å². The molecule has 1 aliphatic rings. The molecule has 0 radical (unpaired) electrons. The second kappa shape index (κ2) is 6.15. The van der Waals surface area contributed by atoms with Crippen molar-refractivity contribution in [2.75, 3.05) is 7.11 Å². The predicted octanol–water partition coefficient (Wildman–Crippen LogP) is 1.08. The van der Waals surface area contributed by atoms with Gasteiger partial charge in [0.05, 0.1) is 25.6 Å². The first-order chi connectivity index (χ1) is 10.6. The summed E-state index contributed by atoms with van der Waals surface area (Å²) in [6.45, 7) is 0. The van der Waals surface area contributed by atoms with Gasteiger partial charge in [0.2, 0.25) is 0 Å². The average Bonchev–Trinajstić information content (AvgIpc) is 3.09. The highest BCUT2D eigenvalue weighted by Crippen LogP contribution is 2.33. The number of halogens is 1. The fourth-order valence-corrected chi connectivity index (χ4v) is 2.72. The van der Waals surface area contributed by atoms with Crippen LogP contribution >= 0.6 is 11.6 Å². The molecule has 0 aromatic carbocycles. The Kier molecular flexibility index (Phi) is 4.23. The quantitative estimate of drug-likeness (QED) is 0.663. The Morgan fingerprint density at radius 2 is 2.36 bits per heavy atom. The number of carbonyl (C=O) groups excluding carboxylic acids is 1. The van der Waals surface area contributed by atoms with Crippen LogP contribution in [0.15, 0.2) is 12.7 Å². The molecule has 8 nitrogen and oxygen atoms in total. The summed E-state index contributed by atoms with van der Waals surface area (Å²) in [7, 11) is 1.33. The zero-order valence-electron chi connectivity index (χ0n) is 11.8. The lowest BCUT2D eigenvalue weighted by Gasteiger charge is -2.15. The smallest absolute Gasteiger partial charge is 0.305 e. The second-order valence-corrected chi connectivity index (χ2v) is 5.39. The van der Waals surface area contributed by atoms with E-state index < -0.39 is 18.4 Å². The molecule has 3 atom stereocenters. The van der Waals surface area contributed by atoms with Crippen LogP contribution in [0.25, 0.3) is 11.2 Å². The van der Waals surface area contributed by atoms with Gasteiger partial charge in [-0.15, -0.1) is 0 Å². The molecule has 0 bridgehead atoms. The summed E-state index contributed by atoms with van der Waals surface area (Å²) in [5.41, 5.74) is 1.03. The van der Waals surface area contributed by atoms with Gasteiger partial charge in [-0.05, 0) is 6.42 Å². The van der Waals surface area contributed by atoms with Crippen molar-refractivity contribution in [3.05, 3.63) is 17.8 Å². The Morgan fingerprint density at radius 1 is 1.55 bits per heavy atom. The Bertz CT molecular complexity index is 692. The molecule has 1 aliphatic heterocycles.